The molecule has 5 heteroatoms. The van der Waals surface area contributed by atoms with Crippen LogP contribution in [0.2, 0.25) is 0 Å². The lowest BCUT2D eigenvalue weighted by Crippen LogP contribution is -2.18. The highest BCUT2D eigenvalue weighted by Gasteiger charge is 2.09. The van der Waals surface area contributed by atoms with Gasteiger partial charge in [-0.25, -0.2) is 0 Å². The third-order valence-corrected chi connectivity index (χ3v) is 4.55. The number of benzene rings is 1. The van der Waals surface area contributed by atoms with Crippen LogP contribution in [-0.4, -0.2) is 27.2 Å². The standard InChI is InChI=1S/C13H20N2OS2/c1-9-5-4-6-11(13(14)17)12(9)15-8-7-10(2)18(3)16/h4-6,10,15H,7-8H2,1-3H3,(H2,14,17). The van der Waals surface area contributed by atoms with Crippen LogP contribution in [-0.2, 0) is 10.8 Å². The van der Waals surface area contributed by atoms with Gasteiger partial charge in [0.2, 0.25) is 0 Å². The summed E-state index contributed by atoms with van der Waals surface area (Å²) in [4.78, 5) is 0.397. The van der Waals surface area contributed by atoms with Crippen LogP contribution in [0.5, 0.6) is 0 Å². The Labute approximate surface area is 117 Å². The maximum atomic E-state index is 11.3. The van der Waals surface area contributed by atoms with Crippen LogP contribution in [0.25, 0.3) is 0 Å². The van der Waals surface area contributed by atoms with E-state index < -0.39 is 10.8 Å². The van der Waals surface area contributed by atoms with Gasteiger partial charge in [-0.05, 0) is 25.0 Å². The zero-order valence-corrected chi connectivity index (χ0v) is 12.7. The number of aryl methyl sites for hydroxylation is 1. The Morgan fingerprint density at radius 1 is 1.56 bits per heavy atom. The molecule has 0 amide bonds. The number of anilines is 1. The van der Waals surface area contributed by atoms with E-state index >= 15 is 0 Å². The van der Waals surface area contributed by atoms with Gasteiger partial charge in [0, 0.05) is 40.1 Å². The maximum absolute atomic E-state index is 11.3. The predicted molar refractivity (Wildman–Crippen MR) is 83.7 cm³/mol. The van der Waals surface area contributed by atoms with E-state index in [1.54, 1.807) is 6.26 Å². The first-order valence-electron chi connectivity index (χ1n) is 5.89. The molecule has 0 saturated heterocycles. The van der Waals surface area contributed by atoms with Gasteiger partial charge >= 0.3 is 0 Å². The molecule has 3 nitrogen and oxygen atoms in total. The third-order valence-electron chi connectivity index (χ3n) is 2.96. The number of thiocarbonyl (C=S) groups is 1. The number of nitrogens with one attached hydrogen (secondary N) is 1. The molecule has 0 aliphatic heterocycles. The van der Waals surface area contributed by atoms with Gasteiger partial charge in [-0.1, -0.05) is 31.3 Å². The summed E-state index contributed by atoms with van der Waals surface area (Å²) in [5.41, 5.74) is 8.68. The Balaban J connectivity index is 2.72. The van der Waals surface area contributed by atoms with Crippen molar-refractivity contribution >= 4 is 33.7 Å². The van der Waals surface area contributed by atoms with Gasteiger partial charge in [0.25, 0.3) is 0 Å². The van der Waals surface area contributed by atoms with Crippen LogP contribution in [0.4, 0.5) is 5.69 Å². The molecule has 1 rings (SSSR count). The van der Waals surface area contributed by atoms with Gasteiger partial charge in [0.1, 0.15) is 4.99 Å². The molecule has 0 aliphatic rings. The van der Waals surface area contributed by atoms with Crippen molar-refractivity contribution in [2.45, 2.75) is 25.5 Å². The molecule has 100 valence electrons. The number of rotatable bonds is 6. The third kappa shape index (κ3) is 4.07. The van der Waals surface area contributed by atoms with Crippen LogP contribution in [0.3, 0.4) is 0 Å². The highest BCUT2D eigenvalue weighted by Crippen LogP contribution is 2.20. The fraction of sp³-hybridized carbons (Fsp3) is 0.462. The minimum absolute atomic E-state index is 0.190. The monoisotopic (exact) mass is 284 g/mol. The molecular weight excluding hydrogens is 264 g/mol. The van der Waals surface area contributed by atoms with Crippen LogP contribution < -0.4 is 11.1 Å². The van der Waals surface area contributed by atoms with E-state index in [4.69, 9.17) is 18.0 Å². The Hall–Kier alpha value is -0.940. The molecule has 1 aromatic carbocycles. The summed E-state index contributed by atoms with van der Waals surface area (Å²) in [5.74, 6) is 0. The number of hydrogen-bond donors (Lipinski definition) is 2. The topological polar surface area (TPSA) is 55.1 Å². The van der Waals surface area contributed by atoms with Gasteiger partial charge in [-0.3, -0.25) is 4.21 Å². The molecule has 0 spiro atoms. The smallest absolute Gasteiger partial charge is 0.106 e. The Morgan fingerprint density at radius 3 is 2.78 bits per heavy atom. The normalized spacial score (nSPS) is 13.9. The summed E-state index contributed by atoms with van der Waals surface area (Å²) in [6.45, 7) is 4.77. The van der Waals surface area contributed by atoms with E-state index in [1.807, 2.05) is 32.0 Å². The summed E-state index contributed by atoms with van der Waals surface area (Å²) >= 11 is 5.04. The largest absolute Gasteiger partial charge is 0.389 e. The second kappa shape index (κ2) is 6.85. The minimum atomic E-state index is -0.778. The van der Waals surface area contributed by atoms with Crippen molar-refractivity contribution in [1.29, 1.82) is 0 Å². The summed E-state index contributed by atoms with van der Waals surface area (Å²) in [5, 5.41) is 3.54. The second-order valence-corrected chi connectivity index (χ2v) is 6.63. The second-order valence-electron chi connectivity index (χ2n) is 4.39. The quantitative estimate of drug-likeness (QED) is 0.786. The van der Waals surface area contributed by atoms with Crippen molar-refractivity contribution in [1.82, 2.24) is 0 Å². The van der Waals surface area contributed by atoms with Gasteiger partial charge in [0.05, 0.1) is 0 Å². The van der Waals surface area contributed by atoms with Crippen molar-refractivity contribution in [3.05, 3.63) is 29.3 Å². The lowest BCUT2D eigenvalue weighted by molar-refractivity contribution is 0.672. The Kier molecular flexibility index (Phi) is 5.75. The van der Waals surface area contributed by atoms with E-state index in [0.717, 1.165) is 29.8 Å². The van der Waals surface area contributed by atoms with Crippen LogP contribution >= 0.6 is 12.2 Å². The highest BCUT2D eigenvalue weighted by atomic mass is 32.2. The van der Waals surface area contributed by atoms with Crippen molar-refractivity contribution in [3.63, 3.8) is 0 Å². The highest BCUT2D eigenvalue weighted by molar-refractivity contribution is 7.84. The first-order chi connectivity index (χ1) is 8.43. The van der Waals surface area contributed by atoms with Crippen molar-refractivity contribution in [2.24, 2.45) is 5.73 Å². The fourth-order valence-corrected chi connectivity index (χ4v) is 2.29. The molecule has 18 heavy (non-hydrogen) atoms. The van der Waals surface area contributed by atoms with Gasteiger partial charge < -0.3 is 11.1 Å². The molecule has 2 atom stereocenters. The van der Waals surface area contributed by atoms with Gasteiger partial charge in [-0.2, -0.15) is 0 Å². The minimum Gasteiger partial charge on any atom is -0.389 e. The Morgan fingerprint density at radius 2 is 2.22 bits per heavy atom. The fourth-order valence-electron chi connectivity index (χ4n) is 1.67. The average Bonchev–Trinajstić information content (AvgIpc) is 2.30. The van der Waals surface area contributed by atoms with Gasteiger partial charge in [-0.15, -0.1) is 0 Å². The lowest BCUT2D eigenvalue weighted by atomic mass is 10.1. The van der Waals surface area contributed by atoms with Crippen molar-refractivity contribution in [2.75, 3.05) is 18.1 Å². The molecule has 0 fully saturated rings. The molecule has 2 unspecified atom stereocenters. The zero-order valence-electron chi connectivity index (χ0n) is 11.0. The first-order valence-corrected chi connectivity index (χ1v) is 7.92. The summed E-state index contributed by atoms with van der Waals surface area (Å²) < 4.78 is 11.3. The van der Waals surface area contributed by atoms with Crippen molar-refractivity contribution in [3.8, 4) is 0 Å². The summed E-state index contributed by atoms with van der Waals surface area (Å²) in [6.07, 6.45) is 2.59. The number of nitrogens with two attached hydrogens (primary N) is 1. The molecule has 0 saturated carbocycles. The van der Waals surface area contributed by atoms with E-state index in [1.165, 1.54) is 0 Å². The van der Waals surface area contributed by atoms with Gasteiger partial charge in [0.15, 0.2) is 0 Å². The molecule has 1 aromatic rings. The molecule has 0 bridgehead atoms. The Bertz CT molecular complexity index is 460. The zero-order chi connectivity index (χ0) is 13.7. The molecule has 0 radical (unpaired) electrons. The number of para-hydroxylation sites is 1. The van der Waals surface area contributed by atoms with E-state index in [0.29, 0.717) is 4.99 Å². The van der Waals surface area contributed by atoms with E-state index in [9.17, 15) is 4.21 Å². The van der Waals surface area contributed by atoms with Crippen LogP contribution in [0, 0.1) is 6.92 Å². The molecule has 3 N–H and O–H groups in total. The molecule has 0 heterocycles. The first kappa shape index (κ1) is 15.1. The average molecular weight is 284 g/mol. The van der Waals surface area contributed by atoms with Crippen LogP contribution in [0.1, 0.15) is 24.5 Å². The maximum Gasteiger partial charge on any atom is 0.106 e. The summed E-state index contributed by atoms with van der Waals surface area (Å²) in [7, 11) is -0.778. The van der Waals surface area contributed by atoms with E-state index in [2.05, 4.69) is 5.32 Å². The molecule has 0 aromatic heterocycles. The number of hydrogen-bond acceptors (Lipinski definition) is 3. The summed E-state index contributed by atoms with van der Waals surface area (Å²) in [6, 6.07) is 5.88. The van der Waals surface area contributed by atoms with Crippen LogP contribution in [0.15, 0.2) is 18.2 Å². The molecule has 0 aliphatic carbocycles. The van der Waals surface area contributed by atoms with Crippen molar-refractivity contribution < 1.29 is 4.21 Å². The predicted octanol–water partition coefficient (Wildman–Crippen LogP) is 2.20. The molecular formula is C13H20N2OS2. The van der Waals surface area contributed by atoms with E-state index in [-0.39, 0.29) is 5.25 Å². The lowest BCUT2D eigenvalue weighted by Gasteiger charge is -2.15. The SMILES string of the molecule is Cc1cccc(C(N)=S)c1NCCC(C)S(C)=O.